The van der Waals surface area contributed by atoms with E-state index < -0.39 is 11.8 Å². The lowest BCUT2D eigenvalue weighted by atomic mass is 10.2. The van der Waals surface area contributed by atoms with Gasteiger partial charge in [-0.25, -0.2) is 0 Å². The highest BCUT2D eigenvalue weighted by Crippen LogP contribution is 2.18. The average molecular weight is 327 g/mol. The Kier molecular flexibility index (Phi) is 4.55. The fourth-order valence-corrected chi connectivity index (χ4v) is 2.57. The minimum absolute atomic E-state index is 0.101. The predicted octanol–water partition coefficient (Wildman–Crippen LogP) is 1.37. The summed E-state index contributed by atoms with van der Waals surface area (Å²) in [5, 5.41) is 11.7. The van der Waals surface area contributed by atoms with Crippen LogP contribution in [0.2, 0.25) is 0 Å². The first-order chi connectivity index (χ1) is 9.11. The molecule has 1 aromatic rings. The fraction of sp³-hybridized carbons (Fsp3) is 0.385. The molecule has 0 bridgehead atoms. The van der Waals surface area contributed by atoms with Crippen molar-refractivity contribution in [2.24, 2.45) is 0 Å². The van der Waals surface area contributed by atoms with E-state index in [0.717, 1.165) is 17.3 Å². The molecule has 0 aromatic heterocycles. The molecule has 0 spiro atoms. The summed E-state index contributed by atoms with van der Waals surface area (Å²) in [6, 6.07) is 6.80. The molecule has 1 saturated heterocycles. The Hall–Kier alpha value is -1.40. The molecule has 1 atom stereocenters. The second kappa shape index (κ2) is 6.16. The summed E-state index contributed by atoms with van der Waals surface area (Å²) in [6.07, 6.45) is 1.56. The van der Waals surface area contributed by atoms with Gasteiger partial charge < -0.3 is 15.3 Å². The quantitative estimate of drug-likeness (QED) is 0.806. The summed E-state index contributed by atoms with van der Waals surface area (Å²) in [4.78, 5) is 25.3. The molecule has 1 aliphatic rings. The number of nitrogens with zero attached hydrogens (tertiary/aromatic N) is 1. The number of likely N-dealkylation sites (tertiary alicyclic amines) is 1. The van der Waals surface area contributed by atoms with Crippen LogP contribution in [0.25, 0.3) is 0 Å². The molecule has 0 radical (unpaired) electrons. The van der Waals surface area contributed by atoms with E-state index in [2.05, 4.69) is 21.2 Å². The Bertz CT molecular complexity index is 493. The van der Waals surface area contributed by atoms with E-state index >= 15 is 0 Å². The fourth-order valence-electron chi connectivity index (χ4n) is 2.17. The maximum absolute atomic E-state index is 12.0. The number of nitrogens with one attached hydrogen (secondary N) is 1. The summed E-state index contributed by atoms with van der Waals surface area (Å²) >= 11 is 3.30. The lowest BCUT2D eigenvalue weighted by molar-refractivity contribution is -0.144. The molecule has 0 aliphatic carbocycles. The molecule has 1 aliphatic heterocycles. The van der Waals surface area contributed by atoms with E-state index in [0.29, 0.717) is 12.2 Å². The van der Waals surface area contributed by atoms with Crippen LogP contribution in [0.1, 0.15) is 12.8 Å². The highest BCUT2D eigenvalue weighted by Gasteiger charge is 2.31. The van der Waals surface area contributed by atoms with Gasteiger partial charge in [0.1, 0.15) is 0 Å². The third-order valence-corrected chi connectivity index (χ3v) is 3.62. The zero-order chi connectivity index (χ0) is 13.8. The number of halogens is 1. The summed E-state index contributed by atoms with van der Waals surface area (Å²) in [6.45, 7) is 0.422. The predicted molar refractivity (Wildman–Crippen MR) is 74.6 cm³/mol. The Labute approximate surface area is 119 Å². The van der Waals surface area contributed by atoms with Crippen molar-refractivity contribution in [3.05, 3.63) is 28.7 Å². The minimum atomic E-state index is -0.668. The van der Waals surface area contributed by atoms with Gasteiger partial charge in [-0.2, -0.15) is 0 Å². The van der Waals surface area contributed by atoms with Gasteiger partial charge in [-0.15, -0.1) is 0 Å². The van der Waals surface area contributed by atoms with Crippen LogP contribution in [0.3, 0.4) is 0 Å². The van der Waals surface area contributed by atoms with Crippen LogP contribution in [0.15, 0.2) is 28.7 Å². The topological polar surface area (TPSA) is 69.6 Å². The maximum Gasteiger partial charge on any atom is 0.313 e. The van der Waals surface area contributed by atoms with Crippen LogP contribution in [-0.4, -0.2) is 41.0 Å². The zero-order valence-corrected chi connectivity index (χ0v) is 11.9. The van der Waals surface area contributed by atoms with Gasteiger partial charge in [0.05, 0.1) is 12.6 Å². The number of hydrogen-bond acceptors (Lipinski definition) is 3. The number of carbonyl (C=O) groups is 2. The average Bonchev–Trinajstić information content (AvgIpc) is 2.86. The minimum Gasteiger partial charge on any atom is -0.394 e. The number of aliphatic hydroxyl groups excluding tert-OH is 1. The number of rotatable bonds is 2. The van der Waals surface area contributed by atoms with Crippen molar-refractivity contribution in [3.63, 3.8) is 0 Å². The number of hydrogen-bond donors (Lipinski definition) is 2. The Morgan fingerprint density at radius 3 is 2.95 bits per heavy atom. The van der Waals surface area contributed by atoms with Crippen LogP contribution < -0.4 is 5.32 Å². The van der Waals surface area contributed by atoms with Crippen LogP contribution in [0, 0.1) is 0 Å². The third-order valence-electron chi connectivity index (χ3n) is 3.13. The number of anilines is 1. The molecule has 6 heteroatoms. The van der Waals surface area contributed by atoms with Gasteiger partial charge >= 0.3 is 11.8 Å². The van der Waals surface area contributed by atoms with Gasteiger partial charge in [0.15, 0.2) is 0 Å². The molecular weight excluding hydrogens is 312 g/mol. The molecule has 102 valence electrons. The van der Waals surface area contributed by atoms with Crippen molar-refractivity contribution in [1.82, 2.24) is 4.90 Å². The van der Waals surface area contributed by atoms with E-state index in [4.69, 9.17) is 5.11 Å². The second-order valence-electron chi connectivity index (χ2n) is 4.44. The third kappa shape index (κ3) is 3.33. The summed E-state index contributed by atoms with van der Waals surface area (Å²) < 4.78 is 0.826. The van der Waals surface area contributed by atoms with Crippen LogP contribution >= 0.6 is 15.9 Å². The van der Waals surface area contributed by atoms with Gasteiger partial charge in [0.2, 0.25) is 0 Å². The van der Waals surface area contributed by atoms with Gasteiger partial charge in [-0.05, 0) is 31.0 Å². The standard InChI is InChI=1S/C13H15BrN2O3/c14-9-3-1-4-10(7-9)15-12(18)13(19)16-6-2-5-11(16)8-17/h1,3-4,7,11,17H,2,5-6,8H2,(H,15,18)/t11-/m0/s1. The summed E-state index contributed by atoms with van der Waals surface area (Å²) in [7, 11) is 0. The highest BCUT2D eigenvalue weighted by molar-refractivity contribution is 9.10. The molecule has 0 unspecified atom stereocenters. The van der Waals surface area contributed by atoms with Crippen molar-refractivity contribution < 1.29 is 14.7 Å². The van der Waals surface area contributed by atoms with E-state index in [9.17, 15) is 9.59 Å². The number of carbonyl (C=O) groups excluding carboxylic acids is 2. The Balaban J connectivity index is 2.01. The van der Waals surface area contributed by atoms with Crippen molar-refractivity contribution in [3.8, 4) is 0 Å². The number of aliphatic hydroxyl groups is 1. The summed E-state index contributed by atoms with van der Waals surface area (Å²) in [5.74, 6) is -1.25. The van der Waals surface area contributed by atoms with Crippen LogP contribution in [0.4, 0.5) is 5.69 Å². The van der Waals surface area contributed by atoms with E-state index in [1.54, 1.807) is 18.2 Å². The molecule has 2 N–H and O–H groups in total. The molecule has 1 heterocycles. The molecule has 19 heavy (non-hydrogen) atoms. The molecule has 5 nitrogen and oxygen atoms in total. The van der Waals surface area contributed by atoms with Gasteiger partial charge in [-0.1, -0.05) is 22.0 Å². The Morgan fingerprint density at radius 1 is 1.47 bits per heavy atom. The maximum atomic E-state index is 12.0. The lowest BCUT2D eigenvalue weighted by Gasteiger charge is -2.22. The first-order valence-corrected chi connectivity index (χ1v) is 6.89. The summed E-state index contributed by atoms with van der Waals surface area (Å²) in [5.41, 5.74) is 0.562. The van der Waals surface area contributed by atoms with Gasteiger partial charge in [0.25, 0.3) is 0 Å². The number of benzene rings is 1. The first kappa shape index (κ1) is 14.0. The molecule has 1 fully saturated rings. The smallest absolute Gasteiger partial charge is 0.313 e. The van der Waals surface area contributed by atoms with Crippen molar-refractivity contribution in [2.75, 3.05) is 18.5 Å². The van der Waals surface area contributed by atoms with Crippen LogP contribution in [-0.2, 0) is 9.59 Å². The highest BCUT2D eigenvalue weighted by atomic mass is 79.9. The van der Waals surface area contributed by atoms with E-state index in [1.807, 2.05) is 6.07 Å². The van der Waals surface area contributed by atoms with Gasteiger partial charge in [0, 0.05) is 16.7 Å². The van der Waals surface area contributed by atoms with E-state index in [1.165, 1.54) is 4.90 Å². The lowest BCUT2D eigenvalue weighted by Crippen LogP contribution is -2.43. The monoisotopic (exact) mass is 326 g/mol. The first-order valence-electron chi connectivity index (χ1n) is 6.10. The molecule has 2 amide bonds. The SMILES string of the molecule is O=C(Nc1cccc(Br)c1)C(=O)N1CCC[C@H]1CO. The molecule has 2 rings (SSSR count). The second-order valence-corrected chi connectivity index (χ2v) is 5.36. The van der Waals surface area contributed by atoms with Gasteiger partial charge in [-0.3, -0.25) is 9.59 Å². The normalized spacial score (nSPS) is 18.4. The Morgan fingerprint density at radius 2 is 2.26 bits per heavy atom. The largest absolute Gasteiger partial charge is 0.394 e. The molecule has 0 saturated carbocycles. The molecular formula is C13H15BrN2O3. The van der Waals surface area contributed by atoms with E-state index in [-0.39, 0.29) is 12.6 Å². The molecule has 1 aromatic carbocycles. The zero-order valence-electron chi connectivity index (χ0n) is 10.3. The van der Waals surface area contributed by atoms with Crippen LogP contribution in [0.5, 0.6) is 0 Å². The van der Waals surface area contributed by atoms with Crippen molar-refractivity contribution in [1.29, 1.82) is 0 Å². The van der Waals surface area contributed by atoms with Crippen molar-refractivity contribution >= 4 is 33.4 Å². The number of amides is 2. The van der Waals surface area contributed by atoms with Crippen molar-refractivity contribution in [2.45, 2.75) is 18.9 Å².